The van der Waals surface area contributed by atoms with Gasteiger partial charge in [-0.05, 0) is 37.5 Å². The monoisotopic (exact) mass is 283 g/mol. The molecule has 3 heteroatoms. The molecule has 0 amide bonds. The highest BCUT2D eigenvalue weighted by Gasteiger charge is 2.19. The molecule has 86 valence electrons. The van der Waals surface area contributed by atoms with E-state index in [4.69, 9.17) is 0 Å². The van der Waals surface area contributed by atoms with Gasteiger partial charge < -0.3 is 5.32 Å². The highest BCUT2D eigenvalue weighted by atomic mass is 79.9. The summed E-state index contributed by atoms with van der Waals surface area (Å²) in [6.07, 6.45) is 4.68. The van der Waals surface area contributed by atoms with Crippen LogP contribution in [0.25, 0.3) is 6.08 Å². The lowest BCUT2D eigenvalue weighted by molar-refractivity contribution is 0.627. The molecule has 16 heavy (non-hydrogen) atoms. The van der Waals surface area contributed by atoms with Crippen LogP contribution in [-0.2, 0) is 0 Å². The number of rotatable bonds is 4. The van der Waals surface area contributed by atoms with E-state index in [0.29, 0.717) is 0 Å². The fourth-order valence-corrected chi connectivity index (χ4v) is 1.99. The predicted octanol–water partition coefficient (Wildman–Crippen LogP) is 3.74. The smallest absolute Gasteiger partial charge is 0.124 e. The Bertz CT molecular complexity index is 410. The molecule has 0 radical (unpaired) electrons. The van der Waals surface area contributed by atoms with Crippen LogP contribution in [0, 0.1) is 5.82 Å². The molecule has 0 aliphatic heterocycles. The molecular formula is C13H15BrFN. The van der Waals surface area contributed by atoms with E-state index in [-0.39, 0.29) is 5.82 Å². The van der Waals surface area contributed by atoms with Crippen LogP contribution >= 0.6 is 15.9 Å². The third-order valence-corrected chi connectivity index (χ3v) is 3.30. The largest absolute Gasteiger partial charge is 0.310 e. The molecule has 0 bridgehead atoms. The van der Waals surface area contributed by atoms with Crippen molar-refractivity contribution in [1.29, 1.82) is 0 Å². The van der Waals surface area contributed by atoms with Crippen molar-refractivity contribution >= 4 is 22.0 Å². The van der Waals surface area contributed by atoms with Gasteiger partial charge in [0.05, 0.1) is 0 Å². The minimum Gasteiger partial charge on any atom is -0.310 e. The lowest BCUT2D eigenvalue weighted by Crippen LogP contribution is -2.18. The molecule has 1 fully saturated rings. The van der Waals surface area contributed by atoms with Crippen molar-refractivity contribution in [2.45, 2.75) is 25.8 Å². The molecule has 0 heterocycles. The van der Waals surface area contributed by atoms with Crippen molar-refractivity contribution in [2.75, 3.05) is 6.54 Å². The molecule has 1 aromatic carbocycles. The molecule has 1 N–H and O–H groups in total. The summed E-state index contributed by atoms with van der Waals surface area (Å²) in [5.41, 5.74) is 2.29. The second kappa shape index (κ2) is 5.11. The van der Waals surface area contributed by atoms with E-state index in [1.54, 1.807) is 6.07 Å². The molecule has 0 unspecified atom stereocenters. The fraction of sp³-hybridized carbons (Fsp3) is 0.385. The number of hydrogen-bond donors (Lipinski definition) is 1. The summed E-state index contributed by atoms with van der Waals surface area (Å²) in [5, 5.41) is 3.45. The molecule has 1 aliphatic rings. The first-order valence-electron chi connectivity index (χ1n) is 5.51. The SMILES string of the molecule is C/C(=C/c1ccc(F)cc1Br)CNC1CC1. The third kappa shape index (κ3) is 3.42. The summed E-state index contributed by atoms with van der Waals surface area (Å²) in [6.45, 7) is 3.00. The Hall–Kier alpha value is -0.670. The summed E-state index contributed by atoms with van der Waals surface area (Å²) in [7, 11) is 0. The van der Waals surface area contributed by atoms with E-state index in [0.717, 1.165) is 22.6 Å². The Balaban J connectivity index is 2.01. The first-order chi connectivity index (χ1) is 7.65. The summed E-state index contributed by atoms with van der Waals surface area (Å²) in [5.74, 6) is -0.210. The van der Waals surface area contributed by atoms with Gasteiger partial charge in [0.2, 0.25) is 0 Å². The van der Waals surface area contributed by atoms with Gasteiger partial charge in [0.1, 0.15) is 5.82 Å². The minimum atomic E-state index is -0.210. The minimum absolute atomic E-state index is 0.210. The average Bonchev–Trinajstić information content (AvgIpc) is 3.03. The maximum Gasteiger partial charge on any atom is 0.124 e. The Labute approximate surface area is 104 Å². The van der Waals surface area contributed by atoms with Crippen molar-refractivity contribution in [3.63, 3.8) is 0 Å². The number of hydrogen-bond acceptors (Lipinski definition) is 1. The molecule has 0 atom stereocenters. The average molecular weight is 284 g/mol. The molecule has 1 aromatic rings. The molecule has 0 saturated heterocycles. The van der Waals surface area contributed by atoms with Crippen LogP contribution in [0.15, 0.2) is 28.2 Å². The van der Waals surface area contributed by atoms with Crippen molar-refractivity contribution in [1.82, 2.24) is 5.32 Å². The fourth-order valence-electron chi connectivity index (χ4n) is 1.53. The Kier molecular flexibility index (Phi) is 3.77. The van der Waals surface area contributed by atoms with Gasteiger partial charge in [0, 0.05) is 17.1 Å². The maximum atomic E-state index is 12.9. The van der Waals surface area contributed by atoms with E-state index >= 15 is 0 Å². The first kappa shape index (κ1) is 11.8. The van der Waals surface area contributed by atoms with Gasteiger partial charge in [-0.15, -0.1) is 0 Å². The maximum absolute atomic E-state index is 12.9. The van der Waals surface area contributed by atoms with Crippen molar-refractivity contribution in [3.8, 4) is 0 Å². The van der Waals surface area contributed by atoms with E-state index in [2.05, 4.69) is 34.2 Å². The second-order valence-corrected chi connectivity index (χ2v) is 5.17. The molecule has 1 aliphatic carbocycles. The first-order valence-corrected chi connectivity index (χ1v) is 6.30. The van der Waals surface area contributed by atoms with Gasteiger partial charge in [-0.2, -0.15) is 0 Å². The van der Waals surface area contributed by atoms with E-state index in [1.165, 1.54) is 30.5 Å². The Morgan fingerprint density at radius 3 is 2.94 bits per heavy atom. The summed E-state index contributed by atoms with van der Waals surface area (Å²) < 4.78 is 13.7. The van der Waals surface area contributed by atoms with Crippen molar-refractivity contribution in [2.24, 2.45) is 0 Å². The predicted molar refractivity (Wildman–Crippen MR) is 68.8 cm³/mol. The van der Waals surface area contributed by atoms with Gasteiger partial charge in [-0.3, -0.25) is 0 Å². The standard InChI is InChI=1S/C13H15BrFN/c1-9(8-16-12-4-5-12)6-10-2-3-11(15)7-13(10)14/h2-3,6-7,12,16H,4-5,8H2,1H3/b9-6-. The zero-order chi connectivity index (χ0) is 11.5. The van der Waals surface area contributed by atoms with Crippen molar-refractivity contribution in [3.05, 3.63) is 39.6 Å². The van der Waals surface area contributed by atoms with Crippen molar-refractivity contribution < 1.29 is 4.39 Å². The second-order valence-electron chi connectivity index (χ2n) is 4.31. The number of benzene rings is 1. The van der Waals surface area contributed by atoms with Crippen LogP contribution in [0.4, 0.5) is 4.39 Å². The molecule has 0 spiro atoms. The quantitative estimate of drug-likeness (QED) is 0.888. The van der Waals surface area contributed by atoms with Crippen LogP contribution in [0.2, 0.25) is 0 Å². The number of nitrogens with one attached hydrogen (secondary N) is 1. The van der Waals surface area contributed by atoms with Gasteiger partial charge in [-0.25, -0.2) is 4.39 Å². The van der Waals surface area contributed by atoms with E-state index in [1.807, 2.05) is 0 Å². The molecule has 0 aromatic heterocycles. The van der Waals surface area contributed by atoms with Gasteiger partial charge in [-0.1, -0.05) is 33.6 Å². The number of halogens is 2. The van der Waals surface area contributed by atoms with Crippen LogP contribution < -0.4 is 5.32 Å². The Morgan fingerprint density at radius 1 is 1.56 bits per heavy atom. The van der Waals surface area contributed by atoms with Crippen LogP contribution in [0.3, 0.4) is 0 Å². The van der Waals surface area contributed by atoms with E-state index < -0.39 is 0 Å². The normalized spacial score (nSPS) is 16.6. The van der Waals surface area contributed by atoms with E-state index in [9.17, 15) is 4.39 Å². The highest BCUT2D eigenvalue weighted by Crippen LogP contribution is 2.21. The third-order valence-electron chi connectivity index (χ3n) is 2.61. The zero-order valence-electron chi connectivity index (χ0n) is 9.26. The van der Waals surface area contributed by atoms with Gasteiger partial charge >= 0.3 is 0 Å². The highest BCUT2D eigenvalue weighted by molar-refractivity contribution is 9.10. The molecule has 1 saturated carbocycles. The van der Waals surface area contributed by atoms with Crippen LogP contribution in [-0.4, -0.2) is 12.6 Å². The Morgan fingerprint density at radius 2 is 2.31 bits per heavy atom. The van der Waals surface area contributed by atoms with Gasteiger partial charge in [0.25, 0.3) is 0 Å². The lowest BCUT2D eigenvalue weighted by atomic mass is 10.1. The van der Waals surface area contributed by atoms with Crippen LogP contribution in [0.5, 0.6) is 0 Å². The summed E-state index contributed by atoms with van der Waals surface area (Å²) in [4.78, 5) is 0. The molecular weight excluding hydrogens is 269 g/mol. The summed E-state index contributed by atoms with van der Waals surface area (Å²) in [6, 6.07) is 5.49. The zero-order valence-corrected chi connectivity index (χ0v) is 10.8. The lowest BCUT2D eigenvalue weighted by Gasteiger charge is -2.04. The molecule has 1 nitrogen and oxygen atoms in total. The van der Waals surface area contributed by atoms with Crippen LogP contribution in [0.1, 0.15) is 25.3 Å². The topological polar surface area (TPSA) is 12.0 Å². The molecule has 2 rings (SSSR count). The van der Waals surface area contributed by atoms with Gasteiger partial charge in [0.15, 0.2) is 0 Å². The summed E-state index contributed by atoms with van der Waals surface area (Å²) >= 11 is 3.36.